The molecule has 3 aromatic rings. The second-order valence-electron chi connectivity index (χ2n) is 6.21. The molecule has 4 rings (SSSR count). The molecule has 6 nitrogen and oxygen atoms in total. The molecule has 0 aliphatic carbocycles. The summed E-state index contributed by atoms with van der Waals surface area (Å²) in [6.07, 6.45) is 0.772. The van der Waals surface area contributed by atoms with Gasteiger partial charge >= 0.3 is 0 Å². The number of anilines is 3. The molecule has 27 heavy (non-hydrogen) atoms. The third-order valence-electron chi connectivity index (χ3n) is 4.12. The van der Waals surface area contributed by atoms with E-state index in [1.54, 1.807) is 12.1 Å². The van der Waals surface area contributed by atoms with Crippen molar-refractivity contribution in [2.24, 2.45) is 0 Å². The summed E-state index contributed by atoms with van der Waals surface area (Å²) in [4.78, 5) is 8.92. The molecule has 1 aliphatic rings. The highest BCUT2D eigenvalue weighted by Gasteiger charge is 2.13. The van der Waals surface area contributed by atoms with Gasteiger partial charge in [0.1, 0.15) is 11.6 Å². The van der Waals surface area contributed by atoms with E-state index in [0.717, 1.165) is 34.9 Å². The molecule has 1 aliphatic heterocycles. The van der Waals surface area contributed by atoms with Crippen LogP contribution in [0, 0.1) is 12.7 Å². The monoisotopic (exact) mass is 366 g/mol. The van der Waals surface area contributed by atoms with E-state index in [9.17, 15) is 4.39 Å². The molecule has 1 aromatic heterocycles. The summed E-state index contributed by atoms with van der Waals surface area (Å²) in [5.74, 6) is 2.43. The summed E-state index contributed by atoms with van der Waals surface area (Å²) in [6.45, 7) is 2.84. The van der Waals surface area contributed by atoms with E-state index in [0.29, 0.717) is 18.2 Å². The van der Waals surface area contributed by atoms with Gasteiger partial charge in [-0.05, 0) is 43.2 Å². The SMILES string of the molecule is Cc1cc(NCCc2ccc(F)cc2)nc(Nc2ccc3c(c2)OCO3)n1. The second kappa shape index (κ2) is 7.49. The molecule has 0 saturated heterocycles. The summed E-state index contributed by atoms with van der Waals surface area (Å²) in [5, 5.41) is 6.48. The third-order valence-corrected chi connectivity index (χ3v) is 4.12. The Balaban J connectivity index is 1.41. The summed E-state index contributed by atoms with van der Waals surface area (Å²) in [6, 6.07) is 14.0. The number of benzene rings is 2. The highest BCUT2D eigenvalue weighted by atomic mass is 19.1. The van der Waals surface area contributed by atoms with Crippen molar-refractivity contribution in [3.8, 4) is 11.5 Å². The molecule has 0 atom stereocenters. The first-order valence-corrected chi connectivity index (χ1v) is 8.66. The maximum absolute atomic E-state index is 13.0. The predicted molar refractivity (Wildman–Crippen MR) is 101 cm³/mol. The molecule has 0 fully saturated rings. The van der Waals surface area contributed by atoms with Crippen LogP contribution in [-0.4, -0.2) is 23.3 Å². The van der Waals surface area contributed by atoms with Crippen LogP contribution in [0.1, 0.15) is 11.3 Å². The Hall–Kier alpha value is -3.35. The number of aromatic nitrogens is 2. The minimum absolute atomic E-state index is 0.225. The second-order valence-corrected chi connectivity index (χ2v) is 6.21. The Labute approximate surface area is 156 Å². The van der Waals surface area contributed by atoms with Crippen molar-refractivity contribution in [2.75, 3.05) is 24.0 Å². The zero-order valence-electron chi connectivity index (χ0n) is 14.8. The van der Waals surface area contributed by atoms with Crippen molar-refractivity contribution in [2.45, 2.75) is 13.3 Å². The first-order chi connectivity index (χ1) is 13.2. The summed E-state index contributed by atoms with van der Waals surface area (Å²) in [7, 11) is 0. The number of nitrogens with one attached hydrogen (secondary N) is 2. The van der Waals surface area contributed by atoms with Crippen LogP contribution >= 0.6 is 0 Å². The molecule has 138 valence electrons. The van der Waals surface area contributed by atoms with Crippen molar-refractivity contribution in [3.63, 3.8) is 0 Å². The number of aryl methyl sites for hydroxylation is 1. The number of hydrogen-bond donors (Lipinski definition) is 2. The Bertz CT molecular complexity index is 947. The lowest BCUT2D eigenvalue weighted by molar-refractivity contribution is 0.174. The van der Waals surface area contributed by atoms with Crippen LogP contribution < -0.4 is 20.1 Å². The average Bonchev–Trinajstić information content (AvgIpc) is 3.11. The van der Waals surface area contributed by atoms with Gasteiger partial charge in [0.05, 0.1) is 0 Å². The van der Waals surface area contributed by atoms with Crippen molar-refractivity contribution >= 4 is 17.5 Å². The molecule has 2 N–H and O–H groups in total. The van der Waals surface area contributed by atoms with E-state index >= 15 is 0 Å². The maximum atomic E-state index is 13.0. The number of halogens is 1. The van der Waals surface area contributed by atoms with Crippen LogP contribution in [0.3, 0.4) is 0 Å². The van der Waals surface area contributed by atoms with E-state index in [1.165, 1.54) is 12.1 Å². The van der Waals surface area contributed by atoms with E-state index < -0.39 is 0 Å². The lowest BCUT2D eigenvalue weighted by atomic mass is 10.1. The highest BCUT2D eigenvalue weighted by molar-refractivity contribution is 5.61. The van der Waals surface area contributed by atoms with E-state index in [4.69, 9.17) is 9.47 Å². The quantitative estimate of drug-likeness (QED) is 0.686. The zero-order chi connectivity index (χ0) is 18.6. The average molecular weight is 366 g/mol. The van der Waals surface area contributed by atoms with Gasteiger partial charge in [-0.2, -0.15) is 4.98 Å². The number of rotatable bonds is 6. The summed E-state index contributed by atoms with van der Waals surface area (Å²) >= 11 is 0. The fourth-order valence-corrected chi connectivity index (χ4v) is 2.80. The van der Waals surface area contributed by atoms with Crippen molar-refractivity contribution in [3.05, 3.63) is 65.6 Å². The molecular formula is C20H19FN4O2. The van der Waals surface area contributed by atoms with Crippen LogP contribution in [-0.2, 0) is 6.42 Å². The number of fused-ring (bicyclic) bond motifs is 1. The van der Waals surface area contributed by atoms with Gasteiger partial charge in [0, 0.05) is 30.1 Å². The lowest BCUT2D eigenvalue weighted by Crippen LogP contribution is -2.08. The van der Waals surface area contributed by atoms with Gasteiger partial charge in [0.2, 0.25) is 12.7 Å². The van der Waals surface area contributed by atoms with Crippen LogP contribution in [0.2, 0.25) is 0 Å². The smallest absolute Gasteiger partial charge is 0.231 e. The molecule has 0 radical (unpaired) electrons. The molecule has 0 bridgehead atoms. The number of nitrogens with zero attached hydrogens (tertiary/aromatic N) is 2. The Morgan fingerprint density at radius 3 is 2.67 bits per heavy atom. The molecule has 0 unspecified atom stereocenters. The van der Waals surface area contributed by atoms with Gasteiger partial charge in [0.25, 0.3) is 0 Å². The maximum Gasteiger partial charge on any atom is 0.231 e. The largest absolute Gasteiger partial charge is 0.454 e. The van der Waals surface area contributed by atoms with E-state index in [2.05, 4.69) is 20.6 Å². The topological polar surface area (TPSA) is 68.3 Å². The highest BCUT2D eigenvalue weighted by Crippen LogP contribution is 2.34. The van der Waals surface area contributed by atoms with E-state index in [-0.39, 0.29) is 12.6 Å². The van der Waals surface area contributed by atoms with Crippen molar-refractivity contribution < 1.29 is 13.9 Å². The minimum atomic E-state index is -0.225. The molecule has 7 heteroatoms. The number of hydrogen-bond acceptors (Lipinski definition) is 6. The van der Waals surface area contributed by atoms with Gasteiger partial charge in [0.15, 0.2) is 11.5 Å². The zero-order valence-corrected chi connectivity index (χ0v) is 14.8. The standard InChI is InChI=1S/C20H19FN4O2/c1-13-10-19(22-9-8-14-2-4-15(21)5-3-14)25-20(23-13)24-16-6-7-17-18(11-16)27-12-26-17/h2-7,10-11H,8-9,12H2,1H3,(H2,22,23,24,25). The molecule has 2 aromatic carbocycles. The molecule has 0 amide bonds. The predicted octanol–water partition coefficient (Wildman–Crippen LogP) is 4.05. The van der Waals surface area contributed by atoms with Crippen LogP contribution in [0.15, 0.2) is 48.5 Å². The molecule has 0 saturated carbocycles. The van der Waals surface area contributed by atoms with E-state index in [1.807, 2.05) is 31.2 Å². The van der Waals surface area contributed by atoms with Crippen LogP contribution in [0.4, 0.5) is 21.8 Å². The minimum Gasteiger partial charge on any atom is -0.454 e. The van der Waals surface area contributed by atoms with Gasteiger partial charge in [-0.25, -0.2) is 9.37 Å². The fraction of sp³-hybridized carbons (Fsp3) is 0.200. The Kier molecular flexibility index (Phi) is 4.74. The number of ether oxygens (including phenoxy) is 2. The normalized spacial score (nSPS) is 12.1. The molecule has 0 spiro atoms. The lowest BCUT2D eigenvalue weighted by Gasteiger charge is -2.10. The summed E-state index contributed by atoms with van der Waals surface area (Å²) < 4.78 is 23.7. The van der Waals surface area contributed by atoms with Crippen molar-refractivity contribution in [1.29, 1.82) is 0 Å². The first-order valence-electron chi connectivity index (χ1n) is 8.66. The van der Waals surface area contributed by atoms with Gasteiger partial charge < -0.3 is 20.1 Å². The van der Waals surface area contributed by atoms with Crippen LogP contribution in [0.25, 0.3) is 0 Å². The van der Waals surface area contributed by atoms with Crippen LogP contribution in [0.5, 0.6) is 11.5 Å². The molecular weight excluding hydrogens is 347 g/mol. The third kappa shape index (κ3) is 4.25. The Morgan fingerprint density at radius 2 is 1.81 bits per heavy atom. The molecule has 2 heterocycles. The van der Waals surface area contributed by atoms with Gasteiger partial charge in [-0.15, -0.1) is 0 Å². The first kappa shape index (κ1) is 17.1. The van der Waals surface area contributed by atoms with Gasteiger partial charge in [-0.3, -0.25) is 0 Å². The fourth-order valence-electron chi connectivity index (χ4n) is 2.80. The van der Waals surface area contributed by atoms with Crippen molar-refractivity contribution in [1.82, 2.24) is 9.97 Å². The van der Waals surface area contributed by atoms with Gasteiger partial charge in [-0.1, -0.05) is 12.1 Å². The Morgan fingerprint density at radius 1 is 1.00 bits per heavy atom. The summed E-state index contributed by atoms with van der Waals surface area (Å²) in [5.41, 5.74) is 2.73.